The average molecular weight is 295 g/mol. The monoisotopic (exact) mass is 295 g/mol. The molecular formula is C17H33N3O. The molecule has 0 aromatic heterocycles. The first-order valence-electron chi connectivity index (χ1n) is 8.85. The van der Waals surface area contributed by atoms with Crippen molar-refractivity contribution in [1.29, 1.82) is 0 Å². The summed E-state index contributed by atoms with van der Waals surface area (Å²) >= 11 is 0. The maximum atomic E-state index is 5.68. The fraction of sp³-hybridized carbons (Fsp3) is 0.941. The van der Waals surface area contributed by atoms with Gasteiger partial charge in [0, 0.05) is 33.3 Å². The lowest BCUT2D eigenvalue weighted by Crippen LogP contribution is -2.41. The van der Waals surface area contributed by atoms with Crippen LogP contribution in [0.5, 0.6) is 0 Å². The highest BCUT2D eigenvalue weighted by atomic mass is 16.5. The lowest BCUT2D eigenvalue weighted by molar-refractivity contribution is 0.105. The van der Waals surface area contributed by atoms with Gasteiger partial charge in [0.2, 0.25) is 0 Å². The average Bonchev–Trinajstić information content (AvgIpc) is 3.17. The Hall–Kier alpha value is -0.770. The second-order valence-corrected chi connectivity index (χ2v) is 6.47. The van der Waals surface area contributed by atoms with Gasteiger partial charge in [-0.1, -0.05) is 26.7 Å². The maximum absolute atomic E-state index is 5.68. The molecule has 0 amide bonds. The van der Waals surface area contributed by atoms with E-state index in [0.29, 0.717) is 6.10 Å². The van der Waals surface area contributed by atoms with Crippen LogP contribution in [0.25, 0.3) is 0 Å². The minimum Gasteiger partial charge on any atom is -0.378 e. The number of guanidine groups is 1. The van der Waals surface area contributed by atoms with Gasteiger partial charge >= 0.3 is 0 Å². The van der Waals surface area contributed by atoms with Gasteiger partial charge in [-0.05, 0) is 37.5 Å². The molecule has 2 rings (SSSR count). The third kappa shape index (κ3) is 4.60. The van der Waals surface area contributed by atoms with Gasteiger partial charge in [0.15, 0.2) is 5.96 Å². The van der Waals surface area contributed by atoms with Gasteiger partial charge in [0.25, 0.3) is 0 Å². The Morgan fingerprint density at radius 2 is 2.14 bits per heavy atom. The number of rotatable bonds is 6. The second-order valence-electron chi connectivity index (χ2n) is 6.47. The SMILES string of the molecule is CCC(CC)C1CCN(C(=NC)NCCC2CCCO2)C1. The highest BCUT2D eigenvalue weighted by Gasteiger charge is 2.29. The highest BCUT2D eigenvalue weighted by Crippen LogP contribution is 2.28. The van der Waals surface area contributed by atoms with E-state index in [0.717, 1.165) is 43.9 Å². The van der Waals surface area contributed by atoms with Gasteiger partial charge in [-0.2, -0.15) is 0 Å². The van der Waals surface area contributed by atoms with Crippen LogP contribution in [0.3, 0.4) is 0 Å². The topological polar surface area (TPSA) is 36.9 Å². The van der Waals surface area contributed by atoms with Crippen molar-refractivity contribution in [3.63, 3.8) is 0 Å². The van der Waals surface area contributed by atoms with E-state index in [1.165, 1.54) is 38.6 Å². The summed E-state index contributed by atoms with van der Waals surface area (Å²) in [4.78, 5) is 6.91. The molecule has 2 aliphatic rings. The van der Waals surface area contributed by atoms with E-state index in [2.05, 4.69) is 29.1 Å². The molecular weight excluding hydrogens is 262 g/mol. The summed E-state index contributed by atoms with van der Waals surface area (Å²) < 4.78 is 5.68. The van der Waals surface area contributed by atoms with Gasteiger partial charge in [-0.15, -0.1) is 0 Å². The van der Waals surface area contributed by atoms with Gasteiger partial charge in [-0.25, -0.2) is 0 Å². The van der Waals surface area contributed by atoms with Crippen molar-refractivity contribution in [3.05, 3.63) is 0 Å². The lowest BCUT2D eigenvalue weighted by Gasteiger charge is -2.24. The molecule has 0 bridgehead atoms. The molecule has 0 aromatic rings. The van der Waals surface area contributed by atoms with Crippen molar-refractivity contribution in [2.45, 2.75) is 58.5 Å². The summed E-state index contributed by atoms with van der Waals surface area (Å²) in [5.74, 6) is 2.80. The van der Waals surface area contributed by atoms with Crippen molar-refractivity contribution in [3.8, 4) is 0 Å². The largest absolute Gasteiger partial charge is 0.378 e. The minimum absolute atomic E-state index is 0.464. The third-order valence-electron chi connectivity index (χ3n) is 5.22. The van der Waals surface area contributed by atoms with Gasteiger partial charge < -0.3 is 15.0 Å². The molecule has 4 heteroatoms. The zero-order valence-electron chi connectivity index (χ0n) is 14.1. The van der Waals surface area contributed by atoms with Gasteiger partial charge in [-0.3, -0.25) is 4.99 Å². The Kier molecular flexibility index (Phi) is 6.81. The van der Waals surface area contributed by atoms with Gasteiger partial charge in [0.05, 0.1) is 6.10 Å². The Morgan fingerprint density at radius 3 is 2.76 bits per heavy atom. The number of nitrogens with zero attached hydrogens (tertiary/aromatic N) is 2. The van der Waals surface area contributed by atoms with E-state index in [1.807, 2.05) is 7.05 Å². The molecule has 0 radical (unpaired) electrons. The Labute approximate surface area is 130 Å². The summed E-state index contributed by atoms with van der Waals surface area (Å²) in [6.45, 7) is 8.90. The molecule has 0 saturated carbocycles. The number of likely N-dealkylation sites (tertiary alicyclic amines) is 1. The van der Waals surface area contributed by atoms with E-state index in [1.54, 1.807) is 0 Å². The molecule has 1 N–H and O–H groups in total. The molecule has 2 saturated heterocycles. The normalized spacial score (nSPS) is 26.9. The van der Waals surface area contributed by atoms with Crippen molar-refractivity contribution in [2.24, 2.45) is 16.8 Å². The van der Waals surface area contributed by atoms with Crippen LogP contribution < -0.4 is 5.32 Å². The summed E-state index contributed by atoms with van der Waals surface area (Å²) in [6.07, 6.45) is 7.94. The van der Waals surface area contributed by atoms with E-state index < -0.39 is 0 Å². The quantitative estimate of drug-likeness (QED) is 0.605. The molecule has 122 valence electrons. The molecule has 21 heavy (non-hydrogen) atoms. The number of nitrogens with one attached hydrogen (secondary N) is 1. The molecule has 2 atom stereocenters. The fourth-order valence-electron chi connectivity index (χ4n) is 3.87. The summed E-state index contributed by atoms with van der Waals surface area (Å²) in [7, 11) is 1.90. The van der Waals surface area contributed by atoms with E-state index in [9.17, 15) is 0 Å². The van der Waals surface area contributed by atoms with Crippen LogP contribution in [0.2, 0.25) is 0 Å². The van der Waals surface area contributed by atoms with E-state index >= 15 is 0 Å². The Balaban J connectivity index is 1.74. The van der Waals surface area contributed by atoms with Crippen LogP contribution in [0.1, 0.15) is 52.4 Å². The van der Waals surface area contributed by atoms with Crippen molar-refractivity contribution in [1.82, 2.24) is 10.2 Å². The predicted molar refractivity (Wildman–Crippen MR) is 88.7 cm³/mol. The van der Waals surface area contributed by atoms with Crippen LogP contribution in [-0.2, 0) is 4.74 Å². The molecule has 2 fully saturated rings. The fourth-order valence-corrected chi connectivity index (χ4v) is 3.87. The van der Waals surface area contributed by atoms with Crippen LogP contribution in [-0.4, -0.2) is 50.3 Å². The predicted octanol–water partition coefficient (Wildman–Crippen LogP) is 2.89. The molecule has 2 heterocycles. The van der Waals surface area contributed by atoms with Crippen LogP contribution >= 0.6 is 0 Å². The third-order valence-corrected chi connectivity index (χ3v) is 5.22. The molecule has 0 spiro atoms. The first-order chi connectivity index (χ1) is 10.3. The first-order valence-corrected chi connectivity index (χ1v) is 8.85. The number of aliphatic imine (C=N–C) groups is 1. The second kappa shape index (κ2) is 8.62. The summed E-state index contributed by atoms with van der Waals surface area (Å²) in [5.41, 5.74) is 0. The molecule has 4 nitrogen and oxygen atoms in total. The van der Waals surface area contributed by atoms with E-state index in [-0.39, 0.29) is 0 Å². The summed E-state index contributed by atoms with van der Waals surface area (Å²) in [6, 6.07) is 0. The van der Waals surface area contributed by atoms with Crippen LogP contribution in [0.15, 0.2) is 4.99 Å². The van der Waals surface area contributed by atoms with Crippen molar-refractivity contribution >= 4 is 5.96 Å². The highest BCUT2D eigenvalue weighted by molar-refractivity contribution is 5.80. The van der Waals surface area contributed by atoms with Crippen LogP contribution in [0.4, 0.5) is 0 Å². The van der Waals surface area contributed by atoms with E-state index in [4.69, 9.17) is 4.74 Å². The molecule has 0 aliphatic carbocycles. The maximum Gasteiger partial charge on any atom is 0.193 e. The smallest absolute Gasteiger partial charge is 0.193 e. The number of hydrogen-bond donors (Lipinski definition) is 1. The summed E-state index contributed by atoms with van der Waals surface area (Å²) in [5, 5.41) is 3.53. The zero-order valence-corrected chi connectivity index (χ0v) is 14.1. The molecule has 2 aliphatic heterocycles. The van der Waals surface area contributed by atoms with Crippen molar-refractivity contribution in [2.75, 3.05) is 33.3 Å². The number of hydrogen-bond acceptors (Lipinski definition) is 2. The lowest BCUT2D eigenvalue weighted by atomic mass is 9.87. The van der Waals surface area contributed by atoms with Gasteiger partial charge in [0.1, 0.15) is 0 Å². The molecule has 2 unspecified atom stereocenters. The van der Waals surface area contributed by atoms with Crippen molar-refractivity contribution < 1.29 is 4.74 Å². The number of ether oxygens (including phenoxy) is 1. The molecule has 0 aromatic carbocycles. The first kappa shape index (κ1) is 16.6. The van der Waals surface area contributed by atoms with Crippen LogP contribution in [0, 0.1) is 11.8 Å². The Morgan fingerprint density at radius 1 is 1.33 bits per heavy atom. The standard InChI is InChI=1S/C17H33N3O/c1-4-14(5-2)15-9-11-20(13-15)17(18-3)19-10-8-16-7-6-12-21-16/h14-16H,4-13H2,1-3H3,(H,18,19). The zero-order chi connectivity index (χ0) is 15.1. The minimum atomic E-state index is 0.464. The Bertz CT molecular complexity index is 322.